The second kappa shape index (κ2) is 6.87. The minimum atomic E-state index is -0.557. The van der Waals surface area contributed by atoms with Crippen LogP contribution in [0.3, 0.4) is 0 Å². The molecule has 138 valence electrons. The quantitative estimate of drug-likeness (QED) is 0.776. The summed E-state index contributed by atoms with van der Waals surface area (Å²) in [5, 5.41) is 0.404. The van der Waals surface area contributed by atoms with Gasteiger partial charge in [-0.1, -0.05) is 42.0 Å². The number of hydrogen-bond acceptors (Lipinski definition) is 3. The summed E-state index contributed by atoms with van der Waals surface area (Å²) in [7, 11) is 0. The maximum absolute atomic E-state index is 13.0. The fraction of sp³-hybridized carbons (Fsp3) is 0.286. The van der Waals surface area contributed by atoms with E-state index in [-0.39, 0.29) is 18.5 Å². The summed E-state index contributed by atoms with van der Waals surface area (Å²) in [5.41, 5.74) is 1.79. The number of carbonyl (C=O) groups excluding carboxylic acids is 1. The highest BCUT2D eigenvalue weighted by Gasteiger charge is 2.30. The summed E-state index contributed by atoms with van der Waals surface area (Å²) in [6, 6.07) is 15.1. The summed E-state index contributed by atoms with van der Waals surface area (Å²) in [5.74, 6) is -0.114. The third kappa shape index (κ3) is 3.18. The number of likely N-dealkylation sites (tertiary alicyclic amines) is 1. The van der Waals surface area contributed by atoms with Gasteiger partial charge in [0.05, 0.1) is 16.9 Å². The molecule has 1 unspecified atom stereocenters. The minimum absolute atomic E-state index is 0.0304. The van der Waals surface area contributed by atoms with E-state index in [9.17, 15) is 14.4 Å². The lowest BCUT2D eigenvalue weighted by atomic mass is 10.0. The highest BCUT2D eigenvalue weighted by molar-refractivity contribution is 5.82. The number of aryl methyl sites for hydroxylation is 1. The molecule has 3 aromatic rings. The van der Waals surface area contributed by atoms with E-state index in [2.05, 4.69) is 29.2 Å². The first kappa shape index (κ1) is 17.3. The number of aromatic amines is 1. The molecule has 1 saturated heterocycles. The van der Waals surface area contributed by atoms with Gasteiger partial charge in [-0.25, -0.2) is 4.79 Å². The summed E-state index contributed by atoms with van der Waals surface area (Å²) in [4.78, 5) is 41.5. The average molecular weight is 363 g/mol. The number of carbonyl (C=O) groups is 1. The molecular formula is C21H21N3O3. The van der Waals surface area contributed by atoms with Crippen molar-refractivity contribution < 1.29 is 4.79 Å². The van der Waals surface area contributed by atoms with Crippen LogP contribution in [0.25, 0.3) is 10.9 Å². The van der Waals surface area contributed by atoms with Gasteiger partial charge in [0, 0.05) is 6.54 Å². The molecule has 1 aliphatic heterocycles. The van der Waals surface area contributed by atoms with Crippen molar-refractivity contribution in [1.29, 1.82) is 0 Å². The maximum atomic E-state index is 13.0. The van der Waals surface area contributed by atoms with Gasteiger partial charge in [0.15, 0.2) is 0 Å². The van der Waals surface area contributed by atoms with Gasteiger partial charge in [-0.3, -0.25) is 19.1 Å². The first-order valence-electron chi connectivity index (χ1n) is 9.12. The molecule has 1 fully saturated rings. The number of amides is 1. The van der Waals surface area contributed by atoms with Crippen LogP contribution in [0.5, 0.6) is 0 Å². The minimum Gasteiger partial charge on any atom is -0.334 e. The van der Waals surface area contributed by atoms with Crippen molar-refractivity contribution in [2.75, 3.05) is 6.54 Å². The zero-order chi connectivity index (χ0) is 19.0. The molecule has 1 amide bonds. The predicted octanol–water partition coefficient (Wildman–Crippen LogP) is 2.36. The molecule has 4 rings (SSSR count). The molecule has 0 radical (unpaired) electrons. The largest absolute Gasteiger partial charge is 0.334 e. The smallest absolute Gasteiger partial charge is 0.329 e. The third-order valence-electron chi connectivity index (χ3n) is 5.23. The van der Waals surface area contributed by atoms with Gasteiger partial charge < -0.3 is 4.90 Å². The van der Waals surface area contributed by atoms with E-state index in [1.807, 2.05) is 11.8 Å². The first-order chi connectivity index (χ1) is 13.0. The Morgan fingerprint density at radius 2 is 1.85 bits per heavy atom. The summed E-state index contributed by atoms with van der Waals surface area (Å²) in [6.45, 7) is 2.63. The van der Waals surface area contributed by atoms with Crippen molar-refractivity contribution >= 4 is 16.8 Å². The Labute approximate surface area is 156 Å². The molecule has 0 aliphatic carbocycles. The second-order valence-corrected chi connectivity index (χ2v) is 7.02. The third-order valence-corrected chi connectivity index (χ3v) is 5.23. The SMILES string of the molecule is Cc1ccc(C2CCCN2C(=O)Cn2c(=O)[nH]c(=O)c3ccccc32)cc1. The van der Waals surface area contributed by atoms with E-state index in [1.54, 1.807) is 24.3 Å². The molecule has 0 saturated carbocycles. The molecule has 1 atom stereocenters. The van der Waals surface area contributed by atoms with Crippen molar-refractivity contribution in [3.63, 3.8) is 0 Å². The molecule has 2 heterocycles. The van der Waals surface area contributed by atoms with Gasteiger partial charge in [-0.2, -0.15) is 0 Å². The van der Waals surface area contributed by atoms with Gasteiger partial charge >= 0.3 is 5.69 Å². The van der Waals surface area contributed by atoms with E-state index < -0.39 is 11.2 Å². The number of H-pyrrole nitrogens is 1. The van der Waals surface area contributed by atoms with Crippen LogP contribution in [0.2, 0.25) is 0 Å². The van der Waals surface area contributed by atoms with E-state index in [0.29, 0.717) is 17.4 Å². The Kier molecular flexibility index (Phi) is 4.39. The summed E-state index contributed by atoms with van der Waals surface area (Å²) in [6.07, 6.45) is 1.85. The lowest BCUT2D eigenvalue weighted by molar-refractivity contribution is -0.132. The van der Waals surface area contributed by atoms with Crippen molar-refractivity contribution in [3.8, 4) is 0 Å². The van der Waals surface area contributed by atoms with Crippen molar-refractivity contribution in [1.82, 2.24) is 14.5 Å². The normalized spacial score (nSPS) is 16.8. The van der Waals surface area contributed by atoms with Gasteiger partial charge in [0.1, 0.15) is 6.54 Å². The number of nitrogens with one attached hydrogen (secondary N) is 1. The Hall–Kier alpha value is -3.15. The number of aromatic nitrogens is 2. The lowest BCUT2D eigenvalue weighted by Crippen LogP contribution is -2.38. The number of para-hydroxylation sites is 1. The summed E-state index contributed by atoms with van der Waals surface area (Å²) >= 11 is 0. The Balaban J connectivity index is 1.66. The van der Waals surface area contributed by atoms with Crippen LogP contribution in [0.4, 0.5) is 0 Å². The van der Waals surface area contributed by atoms with Gasteiger partial charge in [0.25, 0.3) is 5.56 Å². The number of hydrogen-bond donors (Lipinski definition) is 1. The van der Waals surface area contributed by atoms with Crippen LogP contribution >= 0.6 is 0 Å². The highest BCUT2D eigenvalue weighted by Crippen LogP contribution is 2.32. The molecule has 1 N–H and O–H groups in total. The molecule has 0 spiro atoms. The first-order valence-corrected chi connectivity index (χ1v) is 9.12. The lowest BCUT2D eigenvalue weighted by Gasteiger charge is -2.26. The van der Waals surface area contributed by atoms with Crippen molar-refractivity contribution in [2.24, 2.45) is 0 Å². The van der Waals surface area contributed by atoms with Crippen LogP contribution in [0.1, 0.15) is 30.0 Å². The molecule has 1 aliphatic rings. The Bertz CT molecular complexity index is 1110. The van der Waals surface area contributed by atoms with Crippen LogP contribution in [-0.4, -0.2) is 26.9 Å². The van der Waals surface area contributed by atoms with E-state index in [1.165, 1.54) is 10.1 Å². The van der Waals surface area contributed by atoms with Crippen molar-refractivity contribution in [2.45, 2.75) is 32.4 Å². The number of benzene rings is 2. The number of rotatable bonds is 3. The number of fused-ring (bicyclic) bond motifs is 1. The zero-order valence-corrected chi connectivity index (χ0v) is 15.1. The number of nitrogens with zero attached hydrogens (tertiary/aromatic N) is 2. The van der Waals surface area contributed by atoms with Crippen molar-refractivity contribution in [3.05, 3.63) is 80.5 Å². The van der Waals surface area contributed by atoms with E-state index >= 15 is 0 Å². The monoisotopic (exact) mass is 363 g/mol. The van der Waals surface area contributed by atoms with Crippen LogP contribution in [0.15, 0.2) is 58.1 Å². The Morgan fingerprint density at radius 1 is 1.11 bits per heavy atom. The molecule has 2 aromatic carbocycles. The molecule has 6 heteroatoms. The Morgan fingerprint density at radius 3 is 2.63 bits per heavy atom. The fourth-order valence-electron chi connectivity index (χ4n) is 3.83. The molecule has 1 aromatic heterocycles. The maximum Gasteiger partial charge on any atom is 0.329 e. The van der Waals surface area contributed by atoms with Crippen LogP contribution in [0, 0.1) is 6.92 Å². The fourth-order valence-corrected chi connectivity index (χ4v) is 3.83. The van der Waals surface area contributed by atoms with E-state index in [0.717, 1.165) is 18.4 Å². The molecular weight excluding hydrogens is 342 g/mol. The standard InChI is InChI=1S/C21H21N3O3/c1-14-8-10-15(11-9-14)17-7-4-12-23(17)19(25)13-24-18-6-3-2-5-16(18)20(26)22-21(24)27/h2-3,5-6,8-11,17H,4,7,12-13H2,1H3,(H,22,26,27). The van der Waals surface area contributed by atoms with Gasteiger partial charge in [0.2, 0.25) is 5.91 Å². The second-order valence-electron chi connectivity index (χ2n) is 7.02. The highest BCUT2D eigenvalue weighted by atomic mass is 16.2. The predicted molar refractivity (Wildman–Crippen MR) is 104 cm³/mol. The van der Waals surface area contributed by atoms with E-state index in [4.69, 9.17) is 0 Å². The molecule has 0 bridgehead atoms. The van der Waals surface area contributed by atoms with Crippen LogP contribution in [-0.2, 0) is 11.3 Å². The van der Waals surface area contributed by atoms with Gasteiger partial charge in [-0.05, 0) is 37.5 Å². The molecule has 6 nitrogen and oxygen atoms in total. The topological polar surface area (TPSA) is 75.2 Å². The van der Waals surface area contributed by atoms with Gasteiger partial charge in [-0.15, -0.1) is 0 Å². The zero-order valence-electron chi connectivity index (χ0n) is 15.1. The average Bonchev–Trinajstić information content (AvgIpc) is 3.15. The summed E-state index contributed by atoms with van der Waals surface area (Å²) < 4.78 is 1.35. The van der Waals surface area contributed by atoms with Crippen LogP contribution < -0.4 is 11.2 Å². The molecule has 27 heavy (non-hydrogen) atoms.